The monoisotopic (exact) mass is 562 g/mol. The average molecular weight is 565 g/mol. The zero-order valence-corrected chi connectivity index (χ0v) is 19.8. The third kappa shape index (κ3) is 5.95. The van der Waals surface area contributed by atoms with E-state index in [2.05, 4.69) is 37.2 Å². The van der Waals surface area contributed by atoms with E-state index in [0.717, 1.165) is 0 Å². The van der Waals surface area contributed by atoms with Gasteiger partial charge in [-0.3, -0.25) is 4.79 Å². The van der Waals surface area contributed by atoms with Crippen molar-refractivity contribution in [2.45, 2.75) is 6.61 Å². The highest BCUT2D eigenvalue weighted by Crippen LogP contribution is 2.35. The fourth-order valence-electron chi connectivity index (χ4n) is 2.66. The van der Waals surface area contributed by atoms with Gasteiger partial charge in [-0.05, 0) is 52.3 Å². The molecule has 1 N–H and O–H groups in total. The van der Waals surface area contributed by atoms with Crippen molar-refractivity contribution in [3.63, 3.8) is 0 Å². The van der Waals surface area contributed by atoms with Crippen LogP contribution in [0.5, 0.6) is 5.75 Å². The highest BCUT2D eigenvalue weighted by Gasteiger charge is 2.15. The zero-order valence-electron chi connectivity index (χ0n) is 15.8. The molecule has 3 aromatic carbocycles. The minimum atomic E-state index is -0.619. The summed E-state index contributed by atoms with van der Waals surface area (Å²) >= 11 is 12.9. The van der Waals surface area contributed by atoms with Crippen LogP contribution < -0.4 is 10.1 Å². The predicted octanol–water partition coefficient (Wildman–Crippen LogP) is 7.13. The van der Waals surface area contributed by atoms with E-state index < -0.39 is 5.91 Å². The molecule has 0 atom stereocenters. The number of ether oxygens (including phenoxy) is 1. The molecule has 0 fully saturated rings. The Kier molecular flexibility index (Phi) is 7.85. The quantitative estimate of drug-likeness (QED) is 0.256. The van der Waals surface area contributed by atoms with Crippen molar-refractivity contribution in [2.75, 3.05) is 5.32 Å². The van der Waals surface area contributed by atoms with E-state index in [1.165, 1.54) is 12.1 Å². The molecule has 3 aromatic rings. The lowest BCUT2D eigenvalue weighted by Gasteiger charge is -2.13. The Bertz CT molecular complexity index is 1210. The number of rotatable bonds is 6. The Morgan fingerprint density at radius 3 is 2.58 bits per heavy atom. The molecule has 3 rings (SSSR count). The topological polar surface area (TPSA) is 62.1 Å². The van der Waals surface area contributed by atoms with E-state index in [0.29, 0.717) is 36.5 Å². The summed E-state index contributed by atoms with van der Waals surface area (Å²) in [7, 11) is 0. The van der Waals surface area contributed by atoms with Crippen molar-refractivity contribution >= 4 is 61.1 Å². The number of hydrogen-bond acceptors (Lipinski definition) is 3. The molecule has 1 amide bonds. The summed E-state index contributed by atoms with van der Waals surface area (Å²) in [4.78, 5) is 12.6. The van der Waals surface area contributed by atoms with Crippen molar-refractivity contribution in [3.05, 3.63) is 97.1 Å². The lowest BCUT2D eigenvalue weighted by Crippen LogP contribution is -2.13. The number of carbonyl (C=O) groups excluding carboxylic acids is 1. The molecule has 4 nitrogen and oxygen atoms in total. The van der Waals surface area contributed by atoms with E-state index >= 15 is 0 Å². The smallest absolute Gasteiger partial charge is 0.266 e. The number of anilines is 1. The van der Waals surface area contributed by atoms with Gasteiger partial charge in [-0.2, -0.15) is 5.26 Å². The van der Waals surface area contributed by atoms with Gasteiger partial charge in [-0.15, -0.1) is 0 Å². The molecular weight excluding hydrogens is 551 g/mol. The summed E-state index contributed by atoms with van der Waals surface area (Å²) < 4.78 is 21.1. The zero-order chi connectivity index (χ0) is 22.4. The van der Waals surface area contributed by atoms with E-state index in [1.54, 1.807) is 54.6 Å². The molecule has 0 aliphatic carbocycles. The minimum Gasteiger partial charge on any atom is -0.487 e. The summed E-state index contributed by atoms with van der Waals surface area (Å²) in [6.45, 7) is -0.0263. The molecule has 0 aromatic heterocycles. The van der Waals surface area contributed by atoms with Crippen LogP contribution in [0.3, 0.4) is 0 Å². The first-order valence-electron chi connectivity index (χ1n) is 8.92. The number of para-hydroxylation sites is 1. The number of benzene rings is 3. The van der Waals surface area contributed by atoms with Crippen LogP contribution in [-0.2, 0) is 11.4 Å². The summed E-state index contributed by atoms with van der Waals surface area (Å²) in [5.74, 6) is -0.638. The summed E-state index contributed by atoms with van der Waals surface area (Å²) in [5.41, 5.74) is 1.08. The largest absolute Gasteiger partial charge is 0.487 e. The fourth-order valence-corrected chi connectivity index (χ4v) is 4.22. The number of nitrogens with zero attached hydrogens (tertiary/aromatic N) is 1. The van der Waals surface area contributed by atoms with Crippen LogP contribution in [0.2, 0.25) is 5.02 Å². The van der Waals surface area contributed by atoms with Gasteiger partial charge < -0.3 is 10.1 Å². The molecule has 0 aliphatic rings. The molecule has 156 valence electrons. The second kappa shape index (κ2) is 10.6. The number of nitriles is 1. The number of carbonyl (C=O) groups is 1. The summed E-state index contributed by atoms with van der Waals surface area (Å²) in [5, 5.41) is 12.5. The highest BCUT2D eigenvalue weighted by molar-refractivity contribution is 9.11. The van der Waals surface area contributed by atoms with Crippen LogP contribution in [0.4, 0.5) is 10.1 Å². The van der Waals surface area contributed by atoms with Crippen LogP contribution in [0.25, 0.3) is 6.08 Å². The van der Waals surface area contributed by atoms with Crippen LogP contribution in [-0.4, -0.2) is 5.91 Å². The number of hydrogen-bond donors (Lipinski definition) is 1. The highest BCUT2D eigenvalue weighted by atomic mass is 79.9. The van der Waals surface area contributed by atoms with Gasteiger partial charge >= 0.3 is 0 Å². The molecule has 0 aliphatic heterocycles. The van der Waals surface area contributed by atoms with Crippen molar-refractivity contribution in [1.82, 2.24) is 0 Å². The second-order valence-electron chi connectivity index (χ2n) is 6.29. The van der Waals surface area contributed by atoms with E-state index in [4.69, 9.17) is 16.3 Å². The van der Waals surface area contributed by atoms with Crippen LogP contribution in [0, 0.1) is 17.1 Å². The molecule has 0 spiro atoms. The molecule has 0 saturated heterocycles. The average Bonchev–Trinajstić information content (AvgIpc) is 2.74. The number of halogens is 4. The normalized spacial score (nSPS) is 11.0. The lowest BCUT2D eigenvalue weighted by atomic mass is 10.1. The second-order valence-corrected chi connectivity index (χ2v) is 8.47. The van der Waals surface area contributed by atoms with Crippen LogP contribution in [0.1, 0.15) is 11.1 Å². The van der Waals surface area contributed by atoms with Gasteiger partial charge in [0.05, 0.1) is 15.2 Å². The molecule has 0 radical (unpaired) electrons. The summed E-state index contributed by atoms with van der Waals surface area (Å²) in [6, 6.07) is 18.3. The first-order chi connectivity index (χ1) is 14.9. The van der Waals surface area contributed by atoms with E-state index in [-0.39, 0.29) is 18.0 Å². The van der Waals surface area contributed by atoms with Gasteiger partial charge in [-0.1, -0.05) is 57.9 Å². The first kappa shape index (κ1) is 23.0. The maximum atomic E-state index is 13.9. The predicted molar refractivity (Wildman–Crippen MR) is 126 cm³/mol. The third-order valence-corrected chi connectivity index (χ3v) is 5.53. The maximum absolute atomic E-state index is 13.9. The Morgan fingerprint density at radius 2 is 1.87 bits per heavy atom. The van der Waals surface area contributed by atoms with Crippen molar-refractivity contribution in [3.8, 4) is 11.8 Å². The van der Waals surface area contributed by atoms with E-state index in [9.17, 15) is 14.4 Å². The molecule has 0 unspecified atom stereocenters. The Hall–Kier alpha value is -2.66. The molecular formula is C23H14Br2ClFN2O2. The van der Waals surface area contributed by atoms with Crippen molar-refractivity contribution in [1.29, 1.82) is 5.26 Å². The number of amides is 1. The minimum absolute atomic E-state index is 0.0263. The molecule has 0 bridgehead atoms. The third-order valence-electron chi connectivity index (χ3n) is 4.15. The van der Waals surface area contributed by atoms with Crippen LogP contribution >= 0.6 is 43.5 Å². The van der Waals surface area contributed by atoms with Gasteiger partial charge in [0, 0.05) is 15.6 Å². The molecule has 0 heterocycles. The lowest BCUT2D eigenvalue weighted by molar-refractivity contribution is -0.112. The van der Waals surface area contributed by atoms with Gasteiger partial charge in [-0.25, -0.2) is 4.39 Å². The fraction of sp³-hybridized carbons (Fsp3) is 0.0435. The number of nitrogens with one attached hydrogen (secondary N) is 1. The Morgan fingerprint density at radius 1 is 1.16 bits per heavy atom. The SMILES string of the molecule is N#C/C(=C\c1cc(Br)cc(Br)c1OCc1ccccc1F)C(=O)Nc1ccccc1Cl. The van der Waals surface area contributed by atoms with E-state index in [1.807, 2.05) is 6.07 Å². The van der Waals surface area contributed by atoms with Gasteiger partial charge in [0.25, 0.3) is 5.91 Å². The molecule has 31 heavy (non-hydrogen) atoms. The van der Waals surface area contributed by atoms with Gasteiger partial charge in [0.15, 0.2) is 0 Å². The van der Waals surface area contributed by atoms with Crippen LogP contribution in [0.15, 0.2) is 75.2 Å². The maximum Gasteiger partial charge on any atom is 0.266 e. The molecule has 0 saturated carbocycles. The van der Waals surface area contributed by atoms with Crippen molar-refractivity contribution < 1.29 is 13.9 Å². The van der Waals surface area contributed by atoms with Crippen molar-refractivity contribution in [2.24, 2.45) is 0 Å². The standard InChI is InChI=1S/C23H14Br2ClFN2O2/c24-17-10-15(9-16(12-28)23(30)29-21-8-4-2-6-19(21)26)22(18(25)11-17)31-13-14-5-1-3-7-20(14)27/h1-11H,13H2,(H,29,30)/b16-9+. The molecule has 8 heteroatoms. The summed E-state index contributed by atoms with van der Waals surface area (Å²) in [6.07, 6.45) is 1.40. The van der Waals surface area contributed by atoms with Gasteiger partial charge in [0.2, 0.25) is 0 Å². The first-order valence-corrected chi connectivity index (χ1v) is 10.9. The van der Waals surface area contributed by atoms with Gasteiger partial charge in [0.1, 0.15) is 29.8 Å². The Balaban J connectivity index is 1.92. The Labute approximate surface area is 200 Å².